The molecule has 3 aliphatic rings. The average Bonchev–Trinajstić information content (AvgIpc) is 1.90. The van der Waals surface area contributed by atoms with E-state index in [9.17, 15) is 4.79 Å². The Labute approximate surface area is 77.2 Å². The SMILES string of the molecule is Cc1ccc(=O)n(C23CC(C2)C3)c1. The van der Waals surface area contributed by atoms with Crippen LogP contribution in [0.3, 0.4) is 0 Å². The van der Waals surface area contributed by atoms with Crippen molar-refractivity contribution >= 4 is 0 Å². The zero-order valence-electron chi connectivity index (χ0n) is 7.79. The maximum atomic E-state index is 11.6. The van der Waals surface area contributed by atoms with Gasteiger partial charge in [0.05, 0.1) is 0 Å². The average molecular weight is 175 g/mol. The smallest absolute Gasteiger partial charge is 0.251 e. The molecule has 2 nitrogen and oxygen atoms in total. The molecule has 0 radical (unpaired) electrons. The summed E-state index contributed by atoms with van der Waals surface area (Å²) in [5.74, 6) is 0.924. The highest BCUT2D eigenvalue weighted by Crippen LogP contribution is 2.61. The third-order valence-corrected chi connectivity index (χ3v) is 3.58. The molecule has 2 bridgehead atoms. The Bertz CT molecular complexity index is 401. The summed E-state index contributed by atoms with van der Waals surface area (Å²) in [6.07, 6.45) is 5.71. The van der Waals surface area contributed by atoms with Crippen LogP contribution in [-0.4, -0.2) is 4.57 Å². The van der Waals surface area contributed by atoms with Gasteiger partial charge < -0.3 is 4.57 Å². The van der Waals surface area contributed by atoms with Crippen molar-refractivity contribution < 1.29 is 0 Å². The summed E-state index contributed by atoms with van der Waals surface area (Å²) in [6.45, 7) is 2.04. The van der Waals surface area contributed by atoms with Gasteiger partial charge in [-0.15, -0.1) is 0 Å². The number of nitrogens with zero attached hydrogens (tertiary/aromatic N) is 1. The lowest BCUT2D eigenvalue weighted by molar-refractivity contribution is -0.0915. The zero-order chi connectivity index (χ0) is 9.05. The van der Waals surface area contributed by atoms with Crippen molar-refractivity contribution in [3.8, 4) is 0 Å². The molecule has 3 fully saturated rings. The first-order chi connectivity index (χ1) is 6.20. The van der Waals surface area contributed by atoms with E-state index in [-0.39, 0.29) is 11.1 Å². The molecule has 0 spiro atoms. The molecule has 0 aliphatic heterocycles. The van der Waals surface area contributed by atoms with Crippen LogP contribution in [0.2, 0.25) is 0 Å². The second-order valence-corrected chi connectivity index (χ2v) is 4.62. The van der Waals surface area contributed by atoms with Crippen LogP contribution in [0.1, 0.15) is 24.8 Å². The molecule has 4 rings (SSSR count). The van der Waals surface area contributed by atoms with Gasteiger partial charge >= 0.3 is 0 Å². The number of aryl methyl sites for hydroxylation is 1. The van der Waals surface area contributed by atoms with Gasteiger partial charge in [-0.05, 0) is 37.7 Å². The van der Waals surface area contributed by atoms with Crippen molar-refractivity contribution in [1.29, 1.82) is 0 Å². The van der Waals surface area contributed by atoms with Crippen LogP contribution in [-0.2, 0) is 5.54 Å². The molecule has 0 N–H and O–H groups in total. The Morgan fingerprint density at radius 1 is 1.38 bits per heavy atom. The van der Waals surface area contributed by atoms with E-state index in [2.05, 4.69) is 0 Å². The highest BCUT2D eigenvalue weighted by molar-refractivity contribution is 5.17. The molecule has 1 aromatic rings. The van der Waals surface area contributed by atoms with Crippen molar-refractivity contribution in [3.05, 3.63) is 34.2 Å². The van der Waals surface area contributed by atoms with Crippen LogP contribution in [0.15, 0.2) is 23.1 Å². The fourth-order valence-electron chi connectivity index (χ4n) is 2.69. The van der Waals surface area contributed by atoms with Crippen molar-refractivity contribution in [2.24, 2.45) is 5.92 Å². The maximum Gasteiger partial charge on any atom is 0.251 e. The normalized spacial score (nSPS) is 35.0. The number of aromatic nitrogens is 1. The molecule has 2 heteroatoms. The lowest BCUT2D eigenvalue weighted by atomic mass is 9.49. The Hall–Kier alpha value is -1.05. The standard InChI is InChI=1S/C11H13NO/c1-8-2-3-10(13)12(7-8)11-4-9(5-11)6-11/h2-3,7,9H,4-6H2,1H3. The number of hydrogen-bond acceptors (Lipinski definition) is 1. The third kappa shape index (κ3) is 0.808. The Balaban J connectivity index is 2.12. The van der Waals surface area contributed by atoms with Gasteiger partial charge in [-0.25, -0.2) is 0 Å². The lowest BCUT2D eigenvalue weighted by Gasteiger charge is -2.62. The molecule has 0 atom stereocenters. The molecule has 0 aromatic carbocycles. The maximum absolute atomic E-state index is 11.6. The molecule has 1 aromatic heterocycles. The molecule has 0 amide bonds. The van der Waals surface area contributed by atoms with Crippen LogP contribution >= 0.6 is 0 Å². The second-order valence-electron chi connectivity index (χ2n) is 4.62. The first-order valence-corrected chi connectivity index (χ1v) is 4.89. The summed E-state index contributed by atoms with van der Waals surface area (Å²) in [4.78, 5) is 11.6. The summed E-state index contributed by atoms with van der Waals surface area (Å²) in [5, 5.41) is 0. The van der Waals surface area contributed by atoms with E-state index in [0.29, 0.717) is 0 Å². The van der Waals surface area contributed by atoms with Gasteiger partial charge in [0, 0.05) is 17.8 Å². The molecule has 3 saturated carbocycles. The molecule has 1 heterocycles. The Kier molecular flexibility index (Phi) is 1.17. The largest absolute Gasteiger partial charge is 0.309 e. The van der Waals surface area contributed by atoms with Crippen molar-refractivity contribution in [1.82, 2.24) is 4.57 Å². The molecule has 0 unspecified atom stereocenters. The van der Waals surface area contributed by atoms with E-state index in [1.165, 1.54) is 24.8 Å². The molecule has 13 heavy (non-hydrogen) atoms. The third-order valence-electron chi connectivity index (χ3n) is 3.58. The van der Waals surface area contributed by atoms with Gasteiger partial charge in [0.2, 0.25) is 0 Å². The van der Waals surface area contributed by atoms with E-state index < -0.39 is 0 Å². The van der Waals surface area contributed by atoms with Gasteiger partial charge in [-0.2, -0.15) is 0 Å². The number of hydrogen-bond donors (Lipinski definition) is 0. The summed E-state index contributed by atoms with van der Waals surface area (Å²) in [6, 6.07) is 3.58. The topological polar surface area (TPSA) is 22.0 Å². The predicted octanol–water partition coefficient (Wildman–Crippen LogP) is 1.67. The van der Waals surface area contributed by atoms with Crippen molar-refractivity contribution in [2.75, 3.05) is 0 Å². The van der Waals surface area contributed by atoms with Crippen LogP contribution in [0.4, 0.5) is 0 Å². The summed E-state index contributed by atoms with van der Waals surface area (Å²) in [5.41, 5.74) is 1.60. The van der Waals surface area contributed by atoms with Gasteiger partial charge in [-0.3, -0.25) is 4.79 Å². The molecule has 0 saturated heterocycles. The van der Waals surface area contributed by atoms with Crippen LogP contribution in [0.25, 0.3) is 0 Å². The number of rotatable bonds is 1. The Morgan fingerprint density at radius 3 is 2.62 bits per heavy atom. The van der Waals surface area contributed by atoms with Gasteiger partial charge in [0.15, 0.2) is 0 Å². The summed E-state index contributed by atoms with van der Waals surface area (Å²) in [7, 11) is 0. The monoisotopic (exact) mass is 175 g/mol. The van der Waals surface area contributed by atoms with Gasteiger partial charge in [-0.1, -0.05) is 6.07 Å². The van der Waals surface area contributed by atoms with Gasteiger partial charge in [0.25, 0.3) is 5.56 Å². The van der Waals surface area contributed by atoms with Crippen LogP contribution in [0, 0.1) is 12.8 Å². The van der Waals surface area contributed by atoms with Crippen LogP contribution in [0.5, 0.6) is 0 Å². The highest BCUT2D eigenvalue weighted by atomic mass is 16.1. The fraction of sp³-hybridized carbons (Fsp3) is 0.545. The van der Waals surface area contributed by atoms with E-state index >= 15 is 0 Å². The predicted molar refractivity (Wildman–Crippen MR) is 50.8 cm³/mol. The summed E-state index contributed by atoms with van der Waals surface area (Å²) >= 11 is 0. The first-order valence-electron chi connectivity index (χ1n) is 4.89. The quantitative estimate of drug-likeness (QED) is 0.636. The Morgan fingerprint density at radius 2 is 2.08 bits per heavy atom. The lowest BCUT2D eigenvalue weighted by Crippen LogP contribution is -2.61. The fourth-order valence-corrected chi connectivity index (χ4v) is 2.69. The van der Waals surface area contributed by atoms with E-state index in [1.807, 2.05) is 23.8 Å². The molecule has 3 aliphatic carbocycles. The minimum absolute atomic E-state index is 0.170. The summed E-state index contributed by atoms with van der Waals surface area (Å²) < 4.78 is 1.96. The van der Waals surface area contributed by atoms with Gasteiger partial charge in [0.1, 0.15) is 0 Å². The second kappa shape index (κ2) is 2.06. The van der Waals surface area contributed by atoms with Crippen LogP contribution < -0.4 is 5.56 Å². The van der Waals surface area contributed by atoms with E-state index in [0.717, 1.165) is 5.92 Å². The van der Waals surface area contributed by atoms with Crippen molar-refractivity contribution in [3.63, 3.8) is 0 Å². The van der Waals surface area contributed by atoms with E-state index in [4.69, 9.17) is 0 Å². The van der Waals surface area contributed by atoms with Crippen molar-refractivity contribution in [2.45, 2.75) is 31.7 Å². The number of pyridine rings is 1. The zero-order valence-corrected chi connectivity index (χ0v) is 7.79. The first kappa shape index (κ1) is 7.36. The van der Waals surface area contributed by atoms with E-state index in [1.54, 1.807) is 6.07 Å². The molecular weight excluding hydrogens is 162 g/mol. The highest BCUT2D eigenvalue weighted by Gasteiger charge is 2.58. The molecule has 68 valence electrons. The minimum atomic E-state index is 0.170. The molecular formula is C11H13NO. The minimum Gasteiger partial charge on any atom is -0.309 e.